The first-order valence-electron chi connectivity index (χ1n) is 7.80. The Labute approximate surface area is 125 Å². The smallest absolute Gasteiger partial charge is 0.303 e. The van der Waals surface area contributed by atoms with Crippen LogP contribution >= 0.6 is 0 Å². The molecule has 0 bridgehead atoms. The van der Waals surface area contributed by atoms with Gasteiger partial charge in [-0.2, -0.15) is 0 Å². The van der Waals surface area contributed by atoms with Crippen LogP contribution in [0.1, 0.15) is 56.9 Å². The zero-order chi connectivity index (χ0) is 14.9. The van der Waals surface area contributed by atoms with Gasteiger partial charge in [-0.25, -0.2) is 4.98 Å². The van der Waals surface area contributed by atoms with Crippen LogP contribution in [-0.4, -0.2) is 16.1 Å². The summed E-state index contributed by atoms with van der Waals surface area (Å²) >= 11 is 0. The van der Waals surface area contributed by atoms with Gasteiger partial charge >= 0.3 is 5.97 Å². The van der Waals surface area contributed by atoms with E-state index in [2.05, 4.69) is 11.1 Å². The number of benzene rings is 1. The highest BCUT2D eigenvalue weighted by Gasteiger charge is 2.04. The minimum Gasteiger partial charge on any atom is -0.481 e. The van der Waals surface area contributed by atoms with Gasteiger partial charge in [0.1, 0.15) is 5.52 Å². The van der Waals surface area contributed by atoms with Gasteiger partial charge in [0.2, 0.25) is 0 Å². The highest BCUT2D eigenvalue weighted by atomic mass is 16.4. The van der Waals surface area contributed by atoms with Gasteiger partial charge in [0.05, 0.1) is 0 Å². The summed E-state index contributed by atoms with van der Waals surface area (Å²) in [5.41, 5.74) is 3.10. The lowest BCUT2D eigenvalue weighted by Gasteiger charge is -2.03. The van der Waals surface area contributed by atoms with E-state index in [4.69, 9.17) is 9.52 Å². The molecular formula is C17H23NO3. The number of hydrogen-bond acceptors (Lipinski definition) is 3. The molecule has 0 aliphatic rings. The maximum atomic E-state index is 10.4. The van der Waals surface area contributed by atoms with E-state index in [1.54, 1.807) is 0 Å². The van der Waals surface area contributed by atoms with Crippen molar-refractivity contribution >= 4 is 17.1 Å². The summed E-state index contributed by atoms with van der Waals surface area (Å²) in [6, 6.07) is 6.11. The van der Waals surface area contributed by atoms with Crippen molar-refractivity contribution < 1.29 is 14.3 Å². The molecular weight excluding hydrogens is 266 g/mol. The second kappa shape index (κ2) is 8.45. The van der Waals surface area contributed by atoms with Gasteiger partial charge in [0.15, 0.2) is 12.0 Å². The van der Waals surface area contributed by atoms with Gasteiger partial charge in [0, 0.05) is 6.42 Å². The zero-order valence-corrected chi connectivity index (χ0v) is 12.4. The molecule has 0 aliphatic carbocycles. The van der Waals surface area contributed by atoms with Gasteiger partial charge in [-0.15, -0.1) is 0 Å². The van der Waals surface area contributed by atoms with Crippen LogP contribution in [0, 0.1) is 0 Å². The molecule has 2 aromatic rings. The van der Waals surface area contributed by atoms with E-state index in [9.17, 15) is 4.79 Å². The van der Waals surface area contributed by atoms with E-state index in [1.807, 2.05) is 12.1 Å². The lowest BCUT2D eigenvalue weighted by atomic mass is 10.0. The molecule has 0 unspecified atom stereocenters. The van der Waals surface area contributed by atoms with Crippen LogP contribution in [0.15, 0.2) is 29.0 Å². The van der Waals surface area contributed by atoms with Crippen LogP contribution in [0.4, 0.5) is 0 Å². The predicted molar refractivity (Wildman–Crippen MR) is 82.3 cm³/mol. The Morgan fingerprint density at radius 1 is 1.05 bits per heavy atom. The number of aryl methyl sites for hydroxylation is 1. The first-order chi connectivity index (χ1) is 10.3. The fourth-order valence-corrected chi connectivity index (χ4v) is 2.62. The third kappa shape index (κ3) is 5.21. The molecule has 0 spiro atoms. The van der Waals surface area contributed by atoms with Crippen molar-refractivity contribution in [3.05, 3.63) is 30.2 Å². The Balaban J connectivity index is 1.56. The third-order valence-corrected chi connectivity index (χ3v) is 3.77. The fourth-order valence-electron chi connectivity index (χ4n) is 2.62. The molecule has 4 heteroatoms. The van der Waals surface area contributed by atoms with Crippen molar-refractivity contribution in [2.45, 2.75) is 57.8 Å². The van der Waals surface area contributed by atoms with E-state index >= 15 is 0 Å². The van der Waals surface area contributed by atoms with Crippen LogP contribution in [0.5, 0.6) is 0 Å². The molecule has 0 radical (unpaired) electrons. The Morgan fingerprint density at radius 2 is 1.76 bits per heavy atom. The molecule has 0 aliphatic heterocycles. The fraction of sp³-hybridized carbons (Fsp3) is 0.529. The second-order valence-electron chi connectivity index (χ2n) is 5.49. The number of rotatable bonds is 10. The molecule has 1 aromatic carbocycles. The lowest BCUT2D eigenvalue weighted by Crippen LogP contribution is -1.93. The number of carboxylic acids is 1. The summed E-state index contributed by atoms with van der Waals surface area (Å²) in [6.45, 7) is 0. The van der Waals surface area contributed by atoms with Gasteiger partial charge < -0.3 is 9.52 Å². The van der Waals surface area contributed by atoms with Crippen molar-refractivity contribution in [2.75, 3.05) is 0 Å². The maximum Gasteiger partial charge on any atom is 0.303 e. The molecule has 2 rings (SSSR count). The van der Waals surface area contributed by atoms with E-state index < -0.39 is 5.97 Å². The topological polar surface area (TPSA) is 63.3 Å². The number of fused-ring (bicyclic) bond motifs is 1. The molecule has 114 valence electrons. The average Bonchev–Trinajstić information content (AvgIpc) is 2.94. The third-order valence-electron chi connectivity index (χ3n) is 3.77. The highest BCUT2D eigenvalue weighted by molar-refractivity contribution is 5.75. The van der Waals surface area contributed by atoms with Crippen LogP contribution < -0.4 is 0 Å². The molecule has 0 amide bonds. The number of carboxylic acid groups (broad SMARTS) is 1. The number of para-hydroxylation sites is 1. The largest absolute Gasteiger partial charge is 0.481 e. The van der Waals surface area contributed by atoms with Gasteiger partial charge in [-0.3, -0.25) is 4.79 Å². The van der Waals surface area contributed by atoms with Crippen molar-refractivity contribution in [1.82, 2.24) is 4.98 Å². The molecule has 1 aromatic heterocycles. The van der Waals surface area contributed by atoms with Crippen LogP contribution in [0.25, 0.3) is 11.1 Å². The number of nitrogens with zero attached hydrogens (tertiary/aromatic N) is 1. The Bertz CT molecular complexity index is 562. The number of aliphatic carboxylic acids is 1. The van der Waals surface area contributed by atoms with E-state index in [0.29, 0.717) is 6.42 Å². The van der Waals surface area contributed by atoms with Crippen molar-refractivity contribution in [3.8, 4) is 0 Å². The molecule has 0 atom stereocenters. The first kappa shape index (κ1) is 15.5. The maximum absolute atomic E-state index is 10.4. The van der Waals surface area contributed by atoms with Gasteiger partial charge in [-0.1, -0.05) is 44.2 Å². The predicted octanol–water partition coefficient (Wildman–Crippen LogP) is 4.58. The molecule has 4 nitrogen and oxygen atoms in total. The van der Waals surface area contributed by atoms with Crippen molar-refractivity contribution in [3.63, 3.8) is 0 Å². The molecule has 21 heavy (non-hydrogen) atoms. The summed E-state index contributed by atoms with van der Waals surface area (Å²) in [7, 11) is 0. The summed E-state index contributed by atoms with van der Waals surface area (Å²) < 4.78 is 5.43. The summed E-state index contributed by atoms with van der Waals surface area (Å²) in [5.74, 6) is -0.684. The standard InChI is InChI=1S/C17H23NO3/c19-16(20)12-7-5-3-1-2-4-6-9-14-10-8-11-15-17(14)21-13-18-15/h8,10-11,13H,1-7,9,12H2,(H,19,20). The monoisotopic (exact) mass is 289 g/mol. The second-order valence-corrected chi connectivity index (χ2v) is 5.49. The minimum atomic E-state index is -0.684. The van der Waals surface area contributed by atoms with Crippen molar-refractivity contribution in [2.24, 2.45) is 0 Å². The van der Waals surface area contributed by atoms with E-state index in [0.717, 1.165) is 43.2 Å². The van der Waals surface area contributed by atoms with Crippen LogP contribution in [0.2, 0.25) is 0 Å². The quantitative estimate of drug-likeness (QED) is 0.650. The normalized spacial score (nSPS) is 11.0. The number of oxazole rings is 1. The number of carbonyl (C=O) groups is 1. The SMILES string of the molecule is O=C(O)CCCCCCCCCc1cccc2ncoc12. The van der Waals surface area contributed by atoms with Gasteiger partial charge in [0.25, 0.3) is 0 Å². The highest BCUT2D eigenvalue weighted by Crippen LogP contribution is 2.20. The summed E-state index contributed by atoms with van der Waals surface area (Å²) in [6.07, 6.45) is 10.6. The molecule has 0 saturated heterocycles. The Hall–Kier alpha value is -1.84. The molecule has 1 N–H and O–H groups in total. The average molecular weight is 289 g/mol. The Kier molecular flexibility index (Phi) is 6.25. The first-order valence-corrected chi connectivity index (χ1v) is 7.80. The number of unbranched alkanes of at least 4 members (excludes halogenated alkanes) is 6. The van der Waals surface area contributed by atoms with Crippen LogP contribution in [-0.2, 0) is 11.2 Å². The number of aromatic nitrogens is 1. The minimum absolute atomic E-state index is 0.307. The van der Waals surface area contributed by atoms with E-state index in [-0.39, 0.29) is 0 Å². The van der Waals surface area contributed by atoms with Crippen LogP contribution in [0.3, 0.4) is 0 Å². The zero-order valence-electron chi connectivity index (χ0n) is 12.4. The van der Waals surface area contributed by atoms with Gasteiger partial charge in [-0.05, 0) is 30.9 Å². The number of hydrogen-bond donors (Lipinski definition) is 1. The lowest BCUT2D eigenvalue weighted by molar-refractivity contribution is -0.137. The molecule has 0 saturated carbocycles. The van der Waals surface area contributed by atoms with E-state index in [1.165, 1.54) is 31.2 Å². The molecule has 1 heterocycles. The van der Waals surface area contributed by atoms with Crippen molar-refractivity contribution in [1.29, 1.82) is 0 Å². The molecule has 0 fully saturated rings. The Morgan fingerprint density at radius 3 is 2.52 bits per heavy atom. The summed E-state index contributed by atoms with van der Waals surface area (Å²) in [4.78, 5) is 14.5. The summed E-state index contributed by atoms with van der Waals surface area (Å²) in [5, 5.41) is 8.54.